The first-order valence-electron chi connectivity index (χ1n) is 8.74. The largest absolute Gasteiger partial charge is 0.442 e. The van der Waals surface area contributed by atoms with E-state index in [2.05, 4.69) is 0 Å². The van der Waals surface area contributed by atoms with Crippen molar-refractivity contribution >= 4 is 18.1 Å². The molecule has 0 bridgehead atoms. The van der Waals surface area contributed by atoms with E-state index in [-0.39, 0.29) is 6.42 Å². The highest BCUT2D eigenvalue weighted by Gasteiger charge is 2.45. The predicted octanol–water partition coefficient (Wildman–Crippen LogP) is 2.23. The molecule has 0 aliphatic carbocycles. The van der Waals surface area contributed by atoms with Gasteiger partial charge in [0.2, 0.25) is 0 Å². The molecular weight excluding hydrogens is 350 g/mol. The molecule has 0 fully saturated rings. The van der Waals surface area contributed by atoms with Crippen molar-refractivity contribution in [2.45, 2.75) is 58.2 Å². The number of hydrogen-bond acceptors (Lipinski definition) is 5. The van der Waals surface area contributed by atoms with Crippen LogP contribution in [-0.4, -0.2) is 29.8 Å². The van der Waals surface area contributed by atoms with Crippen LogP contribution in [-0.2, 0) is 20.7 Å². The number of rotatable bonds is 9. The summed E-state index contributed by atoms with van der Waals surface area (Å²) in [5, 5.41) is 0. The maximum atomic E-state index is 11.6. The predicted molar refractivity (Wildman–Crippen MR) is 101 cm³/mol. The maximum Gasteiger partial charge on any atom is 0.405 e. The normalized spacial score (nSPS) is 14.6. The SMILES string of the molecule is CC(C)(C)C(CCC[C@H](OC(N)=O)C(N)=O)(Cc1ccccc1)OC(N)=O. The molecule has 0 aliphatic rings. The third kappa shape index (κ3) is 6.80. The zero-order valence-electron chi connectivity index (χ0n) is 16.1. The zero-order chi connectivity index (χ0) is 20.7. The minimum Gasteiger partial charge on any atom is -0.442 e. The molecule has 1 unspecified atom stereocenters. The molecule has 0 saturated heterocycles. The number of carbonyl (C=O) groups excluding carboxylic acids is 3. The number of carbonyl (C=O) groups is 3. The lowest BCUT2D eigenvalue weighted by Gasteiger charge is -2.44. The Morgan fingerprint density at radius 3 is 2.04 bits per heavy atom. The number of nitrogens with two attached hydrogens (primary N) is 3. The highest BCUT2D eigenvalue weighted by Crippen LogP contribution is 2.41. The van der Waals surface area contributed by atoms with E-state index in [4.69, 9.17) is 26.7 Å². The van der Waals surface area contributed by atoms with Crippen molar-refractivity contribution in [2.75, 3.05) is 0 Å². The van der Waals surface area contributed by atoms with Crippen LogP contribution in [0.2, 0.25) is 0 Å². The fourth-order valence-electron chi connectivity index (χ4n) is 3.06. The second-order valence-electron chi connectivity index (χ2n) is 7.55. The second kappa shape index (κ2) is 9.25. The van der Waals surface area contributed by atoms with Gasteiger partial charge in [-0.2, -0.15) is 0 Å². The van der Waals surface area contributed by atoms with Gasteiger partial charge in [0, 0.05) is 11.8 Å². The quantitative estimate of drug-likeness (QED) is 0.601. The van der Waals surface area contributed by atoms with Crippen LogP contribution in [0.15, 0.2) is 30.3 Å². The summed E-state index contributed by atoms with van der Waals surface area (Å²) in [7, 11) is 0. The van der Waals surface area contributed by atoms with Crippen molar-refractivity contribution in [3.63, 3.8) is 0 Å². The molecule has 0 radical (unpaired) electrons. The molecule has 3 amide bonds. The molecule has 0 saturated carbocycles. The fraction of sp³-hybridized carbons (Fsp3) is 0.526. The number of amides is 3. The van der Waals surface area contributed by atoms with Gasteiger partial charge in [0.05, 0.1) is 0 Å². The van der Waals surface area contributed by atoms with E-state index in [9.17, 15) is 14.4 Å². The highest BCUT2D eigenvalue weighted by molar-refractivity contribution is 5.81. The lowest BCUT2D eigenvalue weighted by Crippen LogP contribution is -2.50. The first kappa shape index (κ1) is 22.3. The summed E-state index contributed by atoms with van der Waals surface area (Å²) >= 11 is 0. The molecule has 0 aromatic heterocycles. The molecule has 0 aliphatic heterocycles. The number of primary amides is 3. The van der Waals surface area contributed by atoms with Gasteiger partial charge in [0.25, 0.3) is 5.91 Å². The summed E-state index contributed by atoms with van der Waals surface area (Å²) in [6.07, 6.45) is -1.69. The van der Waals surface area contributed by atoms with Gasteiger partial charge in [-0.25, -0.2) is 9.59 Å². The van der Waals surface area contributed by atoms with Crippen molar-refractivity contribution in [1.29, 1.82) is 0 Å². The average molecular weight is 379 g/mol. The summed E-state index contributed by atoms with van der Waals surface area (Å²) in [6, 6.07) is 9.57. The third-order valence-electron chi connectivity index (χ3n) is 4.62. The Kier molecular flexibility index (Phi) is 7.63. The van der Waals surface area contributed by atoms with Gasteiger partial charge in [0.1, 0.15) is 5.60 Å². The Balaban J connectivity index is 3.03. The van der Waals surface area contributed by atoms with Gasteiger partial charge in [-0.3, -0.25) is 4.79 Å². The molecule has 1 rings (SSSR count). The van der Waals surface area contributed by atoms with Crippen molar-refractivity contribution < 1.29 is 23.9 Å². The summed E-state index contributed by atoms with van der Waals surface area (Å²) < 4.78 is 10.4. The lowest BCUT2D eigenvalue weighted by atomic mass is 9.70. The van der Waals surface area contributed by atoms with E-state index in [0.29, 0.717) is 19.3 Å². The Hall–Kier alpha value is -2.77. The van der Waals surface area contributed by atoms with Crippen LogP contribution >= 0.6 is 0 Å². The van der Waals surface area contributed by atoms with Gasteiger partial charge < -0.3 is 26.7 Å². The minimum absolute atomic E-state index is 0.160. The van der Waals surface area contributed by atoms with E-state index in [1.165, 1.54) is 0 Å². The Bertz CT molecular complexity index is 657. The first-order valence-corrected chi connectivity index (χ1v) is 8.74. The van der Waals surface area contributed by atoms with E-state index in [0.717, 1.165) is 5.56 Å². The van der Waals surface area contributed by atoms with E-state index in [1.54, 1.807) is 0 Å². The van der Waals surface area contributed by atoms with E-state index < -0.39 is 35.2 Å². The standard InChI is InChI=1S/C19H29N3O5/c1-18(2,3)19(27-17(22)25,12-13-8-5-4-6-9-13)11-7-10-14(15(20)23)26-16(21)24/h4-6,8-9,14H,7,10-12H2,1-3H3,(H2,20,23)(H2,21,24)(H2,22,25)/t14-,19?/m0/s1. The molecule has 8 nitrogen and oxygen atoms in total. The smallest absolute Gasteiger partial charge is 0.405 e. The van der Waals surface area contributed by atoms with Crippen molar-refractivity contribution in [2.24, 2.45) is 22.6 Å². The molecule has 1 aromatic carbocycles. The van der Waals surface area contributed by atoms with Gasteiger partial charge >= 0.3 is 12.2 Å². The summed E-state index contributed by atoms with van der Waals surface area (Å²) in [4.78, 5) is 34.0. The number of hydrogen-bond donors (Lipinski definition) is 3. The minimum atomic E-state index is -1.13. The van der Waals surface area contributed by atoms with Crippen LogP contribution in [0.1, 0.15) is 45.6 Å². The lowest BCUT2D eigenvalue weighted by molar-refractivity contribution is -0.126. The molecule has 6 N–H and O–H groups in total. The fourth-order valence-corrected chi connectivity index (χ4v) is 3.06. The molecule has 0 heterocycles. The Morgan fingerprint density at radius 1 is 1.00 bits per heavy atom. The topological polar surface area (TPSA) is 148 Å². The van der Waals surface area contributed by atoms with Gasteiger partial charge in [-0.15, -0.1) is 0 Å². The van der Waals surface area contributed by atoms with E-state index in [1.807, 2.05) is 51.1 Å². The van der Waals surface area contributed by atoms with Crippen LogP contribution in [0.4, 0.5) is 9.59 Å². The number of ether oxygens (including phenoxy) is 2. The number of benzene rings is 1. The first-order chi connectivity index (χ1) is 12.5. The summed E-state index contributed by atoms with van der Waals surface area (Å²) in [5.41, 5.74) is 15.2. The van der Waals surface area contributed by atoms with Crippen LogP contribution in [0.5, 0.6) is 0 Å². The zero-order valence-corrected chi connectivity index (χ0v) is 16.1. The summed E-state index contributed by atoms with van der Waals surface area (Å²) in [5.74, 6) is -0.783. The second-order valence-corrected chi connectivity index (χ2v) is 7.55. The average Bonchev–Trinajstić information content (AvgIpc) is 2.52. The van der Waals surface area contributed by atoms with Crippen LogP contribution < -0.4 is 17.2 Å². The van der Waals surface area contributed by atoms with Crippen molar-refractivity contribution in [1.82, 2.24) is 0 Å². The van der Waals surface area contributed by atoms with Gasteiger partial charge in [0.15, 0.2) is 6.10 Å². The third-order valence-corrected chi connectivity index (χ3v) is 4.62. The Labute approximate surface area is 159 Å². The molecule has 1 aromatic rings. The van der Waals surface area contributed by atoms with Crippen LogP contribution in [0.25, 0.3) is 0 Å². The van der Waals surface area contributed by atoms with Crippen molar-refractivity contribution in [3.05, 3.63) is 35.9 Å². The van der Waals surface area contributed by atoms with Crippen molar-refractivity contribution in [3.8, 4) is 0 Å². The Morgan fingerprint density at radius 2 is 1.59 bits per heavy atom. The van der Waals surface area contributed by atoms with Gasteiger partial charge in [-0.05, 0) is 24.8 Å². The molecule has 8 heteroatoms. The van der Waals surface area contributed by atoms with Crippen LogP contribution in [0.3, 0.4) is 0 Å². The van der Waals surface area contributed by atoms with E-state index >= 15 is 0 Å². The van der Waals surface area contributed by atoms with Gasteiger partial charge in [-0.1, -0.05) is 51.1 Å². The highest BCUT2D eigenvalue weighted by atomic mass is 16.6. The molecule has 150 valence electrons. The maximum absolute atomic E-state index is 11.6. The molecule has 2 atom stereocenters. The molecular formula is C19H29N3O5. The monoisotopic (exact) mass is 379 g/mol. The van der Waals surface area contributed by atoms with Crippen LogP contribution in [0, 0.1) is 5.41 Å². The molecule has 27 heavy (non-hydrogen) atoms. The molecule has 0 spiro atoms. The summed E-state index contributed by atoms with van der Waals surface area (Å²) in [6.45, 7) is 5.85.